The number of benzene rings is 3. The maximum absolute atomic E-state index is 11.2. The Labute approximate surface area is 153 Å². The predicted octanol–water partition coefficient (Wildman–Crippen LogP) is 5.65. The van der Waals surface area contributed by atoms with Crippen LogP contribution in [0.1, 0.15) is 43.0 Å². The van der Waals surface area contributed by atoms with Gasteiger partial charge >= 0.3 is 0 Å². The van der Waals surface area contributed by atoms with Crippen LogP contribution in [0.25, 0.3) is 24.3 Å². The van der Waals surface area contributed by atoms with E-state index in [1.807, 2.05) is 85.0 Å². The van der Waals surface area contributed by atoms with Gasteiger partial charge in [0.05, 0.1) is 0 Å². The number of hydrogen-bond donors (Lipinski definition) is 0. The monoisotopic (exact) mass is 338 g/mol. The number of carbonyl (C=O) groups is 2. The molecule has 3 aromatic carbocycles. The van der Waals surface area contributed by atoms with Crippen molar-refractivity contribution in [3.05, 3.63) is 106 Å². The third kappa shape index (κ3) is 4.11. The average Bonchev–Trinajstić information content (AvgIpc) is 2.71. The van der Waals surface area contributed by atoms with Gasteiger partial charge in [-0.2, -0.15) is 0 Å². The first-order valence-electron chi connectivity index (χ1n) is 8.35. The molecule has 0 fully saturated rings. The van der Waals surface area contributed by atoms with Gasteiger partial charge in [0.15, 0.2) is 12.6 Å². The highest BCUT2D eigenvalue weighted by atomic mass is 16.1. The summed E-state index contributed by atoms with van der Waals surface area (Å²) in [5.41, 5.74) is 5.16. The van der Waals surface area contributed by atoms with Crippen molar-refractivity contribution >= 4 is 36.9 Å². The minimum atomic E-state index is 0.664. The molecule has 3 rings (SSSR count). The summed E-state index contributed by atoms with van der Waals surface area (Å²) >= 11 is 0. The van der Waals surface area contributed by atoms with Crippen molar-refractivity contribution in [3.8, 4) is 0 Å². The van der Waals surface area contributed by atoms with Crippen LogP contribution in [0, 0.1) is 0 Å². The fourth-order valence-electron chi connectivity index (χ4n) is 2.71. The molecule has 0 amide bonds. The van der Waals surface area contributed by atoms with Crippen molar-refractivity contribution in [2.75, 3.05) is 0 Å². The molecule has 0 aliphatic rings. The van der Waals surface area contributed by atoms with Gasteiger partial charge in [0.1, 0.15) is 0 Å². The summed E-state index contributed by atoms with van der Waals surface area (Å²) in [7, 11) is 0. The lowest BCUT2D eigenvalue weighted by molar-refractivity contribution is 0.111. The summed E-state index contributed by atoms with van der Waals surface area (Å²) in [6, 6.07) is 22.9. The molecule has 0 aliphatic carbocycles. The topological polar surface area (TPSA) is 34.1 Å². The molecule has 0 aromatic heterocycles. The second-order valence-electron chi connectivity index (χ2n) is 5.79. The molecule has 3 aromatic rings. The Kier molecular flexibility index (Phi) is 5.69. The molecule has 26 heavy (non-hydrogen) atoms. The molecular weight excluding hydrogens is 320 g/mol. The lowest BCUT2D eigenvalue weighted by Gasteiger charge is -2.03. The van der Waals surface area contributed by atoms with Crippen LogP contribution in [0.15, 0.2) is 72.8 Å². The Morgan fingerprint density at radius 3 is 0.885 bits per heavy atom. The van der Waals surface area contributed by atoms with Crippen LogP contribution in [-0.4, -0.2) is 12.6 Å². The predicted molar refractivity (Wildman–Crippen MR) is 108 cm³/mol. The van der Waals surface area contributed by atoms with Crippen LogP contribution in [0.3, 0.4) is 0 Å². The summed E-state index contributed by atoms with van der Waals surface area (Å²) in [5, 5.41) is 0. The fraction of sp³-hybridized carbons (Fsp3) is 0. The van der Waals surface area contributed by atoms with Crippen molar-refractivity contribution in [1.29, 1.82) is 0 Å². The van der Waals surface area contributed by atoms with Crippen LogP contribution in [0.4, 0.5) is 0 Å². The molecule has 0 saturated carbocycles. The van der Waals surface area contributed by atoms with Gasteiger partial charge in [-0.1, -0.05) is 97.1 Å². The normalized spacial score (nSPS) is 11.1. The summed E-state index contributed by atoms with van der Waals surface area (Å²) < 4.78 is 0. The number of aldehydes is 2. The highest BCUT2D eigenvalue weighted by Gasteiger charge is 1.99. The van der Waals surface area contributed by atoms with Gasteiger partial charge in [-0.25, -0.2) is 0 Å². The Morgan fingerprint density at radius 2 is 0.615 bits per heavy atom. The zero-order valence-corrected chi connectivity index (χ0v) is 14.2. The van der Waals surface area contributed by atoms with Gasteiger partial charge in [-0.3, -0.25) is 9.59 Å². The van der Waals surface area contributed by atoms with E-state index < -0.39 is 0 Å². The first kappa shape index (κ1) is 17.3. The molecule has 2 nitrogen and oxygen atoms in total. The summed E-state index contributed by atoms with van der Waals surface area (Å²) in [6.07, 6.45) is 9.59. The minimum absolute atomic E-state index is 0.664. The van der Waals surface area contributed by atoms with Crippen LogP contribution in [0.2, 0.25) is 0 Å². The summed E-state index contributed by atoms with van der Waals surface area (Å²) in [5.74, 6) is 0. The number of rotatable bonds is 6. The van der Waals surface area contributed by atoms with Crippen molar-refractivity contribution in [2.45, 2.75) is 0 Å². The first-order chi connectivity index (χ1) is 12.8. The highest BCUT2D eigenvalue weighted by Crippen LogP contribution is 2.18. The zero-order chi connectivity index (χ0) is 18.2. The molecular formula is C24H18O2. The van der Waals surface area contributed by atoms with Crippen LogP contribution < -0.4 is 0 Å². The van der Waals surface area contributed by atoms with Crippen LogP contribution >= 0.6 is 0 Å². The summed E-state index contributed by atoms with van der Waals surface area (Å²) in [6.45, 7) is 0. The van der Waals surface area contributed by atoms with E-state index in [9.17, 15) is 9.59 Å². The van der Waals surface area contributed by atoms with Crippen molar-refractivity contribution in [2.24, 2.45) is 0 Å². The largest absolute Gasteiger partial charge is 0.298 e. The molecule has 0 spiro atoms. The molecule has 126 valence electrons. The highest BCUT2D eigenvalue weighted by molar-refractivity contribution is 5.88. The van der Waals surface area contributed by atoms with Gasteiger partial charge in [0.2, 0.25) is 0 Å². The van der Waals surface area contributed by atoms with E-state index in [2.05, 4.69) is 0 Å². The molecule has 0 N–H and O–H groups in total. The summed E-state index contributed by atoms with van der Waals surface area (Å²) in [4.78, 5) is 22.3. The second-order valence-corrected chi connectivity index (χ2v) is 5.79. The van der Waals surface area contributed by atoms with Gasteiger partial charge < -0.3 is 0 Å². The Hall–Kier alpha value is -3.52. The third-order valence-electron chi connectivity index (χ3n) is 4.13. The third-order valence-corrected chi connectivity index (χ3v) is 4.13. The molecule has 0 bridgehead atoms. The van der Waals surface area contributed by atoms with E-state index >= 15 is 0 Å². The fourth-order valence-corrected chi connectivity index (χ4v) is 2.71. The van der Waals surface area contributed by atoms with Crippen LogP contribution in [0.5, 0.6) is 0 Å². The van der Waals surface area contributed by atoms with Gasteiger partial charge in [-0.15, -0.1) is 0 Å². The lowest BCUT2D eigenvalue weighted by atomic mass is 10.0. The maximum Gasteiger partial charge on any atom is 0.150 e. The standard InChI is InChI=1S/C24H18O2/c25-17-23-11-5-3-9-21(23)15-13-19-7-1-2-8-20(19)14-16-22-10-4-6-12-24(22)18-26/h1-18H/b15-13+,16-14+. The second kappa shape index (κ2) is 8.54. The molecule has 0 heterocycles. The smallest absolute Gasteiger partial charge is 0.150 e. The minimum Gasteiger partial charge on any atom is -0.298 e. The Bertz CT molecular complexity index is 900. The zero-order valence-electron chi connectivity index (χ0n) is 14.2. The quantitative estimate of drug-likeness (QED) is 0.430. The molecule has 0 aliphatic heterocycles. The molecule has 0 radical (unpaired) electrons. The van der Waals surface area contributed by atoms with Gasteiger partial charge in [0, 0.05) is 11.1 Å². The van der Waals surface area contributed by atoms with E-state index in [1.165, 1.54) is 0 Å². The van der Waals surface area contributed by atoms with E-state index in [0.717, 1.165) is 34.8 Å². The number of carbonyl (C=O) groups excluding carboxylic acids is 2. The van der Waals surface area contributed by atoms with E-state index in [4.69, 9.17) is 0 Å². The molecule has 0 saturated heterocycles. The first-order valence-corrected chi connectivity index (χ1v) is 8.35. The van der Waals surface area contributed by atoms with Gasteiger partial charge in [-0.05, 0) is 22.3 Å². The number of hydrogen-bond acceptors (Lipinski definition) is 2. The van der Waals surface area contributed by atoms with Crippen molar-refractivity contribution in [1.82, 2.24) is 0 Å². The average molecular weight is 338 g/mol. The maximum atomic E-state index is 11.2. The SMILES string of the molecule is O=Cc1ccccc1/C=C/c1ccccc1/C=C/c1ccccc1C=O. The Morgan fingerprint density at radius 1 is 0.385 bits per heavy atom. The van der Waals surface area contributed by atoms with E-state index in [-0.39, 0.29) is 0 Å². The van der Waals surface area contributed by atoms with E-state index in [0.29, 0.717) is 11.1 Å². The van der Waals surface area contributed by atoms with E-state index in [1.54, 1.807) is 12.1 Å². The lowest BCUT2D eigenvalue weighted by Crippen LogP contribution is -1.86. The molecule has 0 unspecified atom stereocenters. The van der Waals surface area contributed by atoms with Crippen LogP contribution in [-0.2, 0) is 0 Å². The van der Waals surface area contributed by atoms with Crippen molar-refractivity contribution in [3.63, 3.8) is 0 Å². The molecule has 2 heteroatoms. The van der Waals surface area contributed by atoms with Crippen molar-refractivity contribution < 1.29 is 9.59 Å². The van der Waals surface area contributed by atoms with Gasteiger partial charge in [0.25, 0.3) is 0 Å². The molecule has 0 atom stereocenters. The Balaban J connectivity index is 1.91.